The zero-order valence-electron chi connectivity index (χ0n) is 15.0. The molecule has 132 valence electrons. The molecule has 3 atom stereocenters. The predicted molar refractivity (Wildman–Crippen MR) is 102 cm³/mol. The molecule has 2 aromatic rings. The van der Waals surface area contributed by atoms with Crippen LogP contribution in [0.15, 0.2) is 60.7 Å². The van der Waals surface area contributed by atoms with Crippen molar-refractivity contribution in [1.29, 1.82) is 0 Å². The van der Waals surface area contributed by atoms with Gasteiger partial charge in [-0.25, -0.2) is 0 Å². The van der Waals surface area contributed by atoms with Gasteiger partial charge in [0.1, 0.15) is 0 Å². The van der Waals surface area contributed by atoms with E-state index in [4.69, 9.17) is 0 Å². The number of rotatable bonds is 4. The predicted octanol–water partition coefficient (Wildman–Crippen LogP) is 4.28. The molecule has 1 unspecified atom stereocenters. The van der Waals surface area contributed by atoms with Crippen LogP contribution in [0, 0.1) is 11.8 Å². The third kappa shape index (κ3) is 4.13. The van der Waals surface area contributed by atoms with Gasteiger partial charge in [0.2, 0.25) is 0 Å². The summed E-state index contributed by atoms with van der Waals surface area (Å²) in [6, 6.07) is 21.3. The summed E-state index contributed by atoms with van der Waals surface area (Å²) in [5.41, 5.74) is 2.19. The first-order chi connectivity index (χ1) is 12.2. The molecular weight excluding hydrogens is 306 g/mol. The van der Waals surface area contributed by atoms with Gasteiger partial charge in [-0.1, -0.05) is 60.7 Å². The minimum atomic E-state index is -0.496. The van der Waals surface area contributed by atoms with Crippen molar-refractivity contribution >= 4 is 0 Å². The van der Waals surface area contributed by atoms with E-state index in [9.17, 15) is 5.11 Å². The van der Waals surface area contributed by atoms with Crippen LogP contribution in [0.4, 0.5) is 0 Å². The molecule has 2 aromatic carbocycles. The molecule has 1 N–H and O–H groups in total. The Bertz CT molecular complexity index is 671. The van der Waals surface area contributed by atoms with Crippen molar-refractivity contribution in [1.82, 2.24) is 4.90 Å². The van der Waals surface area contributed by atoms with Crippen molar-refractivity contribution in [2.75, 3.05) is 13.1 Å². The normalized spacial score (nSPS) is 30.0. The second-order valence-corrected chi connectivity index (χ2v) is 8.16. The molecule has 4 rings (SSSR count). The molecule has 1 heterocycles. The van der Waals surface area contributed by atoms with Gasteiger partial charge in [0, 0.05) is 19.5 Å². The Morgan fingerprint density at radius 3 is 2.28 bits per heavy atom. The molecular formula is C23H29NO. The molecule has 2 heteroatoms. The Morgan fingerprint density at radius 1 is 0.880 bits per heavy atom. The van der Waals surface area contributed by atoms with E-state index in [2.05, 4.69) is 59.5 Å². The molecule has 1 aliphatic carbocycles. The number of piperidine rings is 1. The highest BCUT2D eigenvalue weighted by atomic mass is 16.3. The molecule has 1 aliphatic heterocycles. The van der Waals surface area contributed by atoms with Gasteiger partial charge in [-0.15, -0.1) is 0 Å². The van der Waals surface area contributed by atoms with E-state index in [-0.39, 0.29) is 0 Å². The number of benzene rings is 2. The zero-order valence-corrected chi connectivity index (χ0v) is 15.0. The molecule has 25 heavy (non-hydrogen) atoms. The summed E-state index contributed by atoms with van der Waals surface area (Å²) < 4.78 is 0. The van der Waals surface area contributed by atoms with Crippen LogP contribution in [0.3, 0.4) is 0 Å². The molecule has 2 fully saturated rings. The van der Waals surface area contributed by atoms with Crippen LogP contribution < -0.4 is 0 Å². The number of nitrogens with zero attached hydrogens (tertiary/aromatic N) is 1. The second kappa shape index (κ2) is 7.31. The first-order valence-corrected chi connectivity index (χ1v) is 9.73. The number of hydrogen-bond acceptors (Lipinski definition) is 2. The largest absolute Gasteiger partial charge is 0.390 e. The third-order valence-electron chi connectivity index (χ3n) is 6.22. The summed E-state index contributed by atoms with van der Waals surface area (Å²) >= 11 is 0. The van der Waals surface area contributed by atoms with Crippen molar-refractivity contribution in [3.63, 3.8) is 0 Å². The zero-order chi connectivity index (χ0) is 17.1. The fourth-order valence-corrected chi connectivity index (χ4v) is 4.92. The molecule has 0 bridgehead atoms. The van der Waals surface area contributed by atoms with Crippen LogP contribution >= 0.6 is 0 Å². The van der Waals surface area contributed by atoms with Gasteiger partial charge in [0.15, 0.2) is 0 Å². The molecule has 2 aliphatic rings. The Balaban J connectivity index is 1.35. The average molecular weight is 335 g/mol. The van der Waals surface area contributed by atoms with Gasteiger partial charge in [-0.2, -0.15) is 0 Å². The first kappa shape index (κ1) is 16.8. The molecule has 0 aromatic heterocycles. The van der Waals surface area contributed by atoms with Crippen molar-refractivity contribution in [2.45, 2.75) is 44.2 Å². The molecule has 0 radical (unpaired) electrons. The molecule has 0 amide bonds. The Labute approximate surface area is 151 Å². The first-order valence-electron chi connectivity index (χ1n) is 9.73. The molecule has 2 nitrogen and oxygen atoms in total. The van der Waals surface area contributed by atoms with Gasteiger partial charge in [-0.05, 0) is 55.2 Å². The van der Waals surface area contributed by atoms with Crippen LogP contribution in [-0.4, -0.2) is 28.7 Å². The van der Waals surface area contributed by atoms with E-state index in [1.165, 1.54) is 30.5 Å². The van der Waals surface area contributed by atoms with Crippen molar-refractivity contribution in [3.8, 4) is 0 Å². The van der Waals surface area contributed by atoms with Crippen LogP contribution in [0.5, 0.6) is 0 Å². The van der Waals surface area contributed by atoms with Gasteiger partial charge in [-0.3, -0.25) is 4.90 Å². The van der Waals surface area contributed by atoms with E-state index in [1.54, 1.807) is 0 Å². The van der Waals surface area contributed by atoms with Gasteiger partial charge >= 0.3 is 0 Å². The number of fused-ring (bicyclic) bond motifs is 1. The van der Waals surface area contributed by atoms with Crippen molar-refractivity contribution in [2.24, 2.45) is 11.8 Å². The maximum atomic E-state index is 11.2. The van der Waals surface area contributed by atoms with E-state index in [0.29, 0.717) is 5.92 Å². The van der Waals surface area contributed by atoms with Crippen molar-refractivity contribution in [3.05, 3.63) is 71.8 Å². The summed E-state index contributed by atoms with van der Waals surface area (Å²) in [4.78, 5) is 2.61. The van der Waals surface area contributed by atoms with E-state index in [1.807, 2.05) is 6.07 Å². The fraction of sp³-hybridized carbons (Fsp3) is 0.478. The summed E-state index contributed by atoms with van der Waals surface area (Å²) in [7, 11) is 0. The number of likely N-dealkylation sites (tertiary alicyclic amines) is 1. The average Bonchev–Trinajstić information content (AvgIpc) is 2.63. The Morgan fingerprint density at radius 2 is 1.56 bits per heavy atom. The summed E-state index contributed by atoms with van der Waals surface area (Å²) in [5, 5.41) is 11.2. The highest BCUT2D eigenvalue weighted by Crippen LogP contribution is 2.42. The van der Waals surface area contributed by atoms with Crippen LogP contribution in [0.1, 0.15) is 36.8 Å². The highest BCUT2D eigenvalue weighted by molar-refractivity contribution is 5.18. The molecule has 1 saturated heterocycles. The van der Waals surface area contributed by atoms with Crippen molar-refractivity contribution < 1.29 is 5.11 Å². The minimum absolute atomic E-state index is 0.496. The quantitative estimate of drug-likeness (QED) is 0.901. The van der Waals surface area contributed by atoms with E-state index < -0.39 is 5.60 Å². The number of hydrogen-bond donors (Lipinski definition) is 1. The van der Waals surface area contributed by atoms with Crippen LogP contribution in [-0.2, 0) is 13.0 Å². The second-order valence-electron chi connectivity index (χ2n) is 8.16. The highest BCUT2D eigenvalue weighted by Gasteiger charge is 2.41. The summed E-state index contributed by atoms with van der Waals surface area (Å²) in [6.07, 6.45) is 5.13. The lowest BCUT2D eigenvalue weighted by atomic mass is 9.67. The topological polar surface area (TPSA) is 23.5 Å². The third-order valence-corrected chi connectivity index (χ3v) is 6.22. The maximum Gasteiger partial charge on any atom is 0.0690 e. The van der Waals surface area contributed by atoms with Gasteiger partial charge in [0.25, 0.3) is 0 Å². The smallest absolute Gasteiger partial charge is 0.0690 e. The van der Waals surface area contributed by atoms with E-state index >= 15 is 0 Å². The lowest BCUT2D eigenvalue weighted by Crippen LogP contribution is -2.48. The standard InChI is InChI=1S/C23H29NO/c25-23(15-19-7-3-1-4-8-19)13-11-22-18-24(14-12-21(22)16-23)17-20-9-5-2-6-10-20/h1-10,21-22,25H,11-18H2/t21-,22-,23?/m0/s1. The summed E-state index contributed by atoms with van der Waals surface area (Å²) in [5.74, 6) is 1.45. The van der Waals surface area contributed by atoms with Gasteiger partial charge in [0.05, 0.1) is 5.60 Å². The maximum absolute atomic E-state index is 11.2. The van der Waals surface area contributed by atoms with Crippen LogP contribution in [0.2, 0.25) is 0 Å². The SMILES string of the molecule is OC1(Cc2ccccc2)CC[C@H]2CN(Cc3ccccc3)CC[C@H]2C1. The monoisotopic (exact) mass is 335 g/mol. The lowest BCUT2D eigenvalue weighted by molar-refractivity contribution is -0.0564. The van der Waals surface area contributed by atoms with Gasteiger partial charge < -0.3 is 5.11 Å². The Kier molecular flexibility index (Phi) is 4.91. The fourth-order valence-electron chi connectivity index (χ4n) is 4.92. The summed E-state index contributed by atoms with van der Waals surface area (Å²) in [6.45, 7) is 3.43. The van der Waals surface area contributed by atoms with E-state index in [0.717, 1.165) is 38.3 Å². The number of aliphatic hydroxyl groups is 1. The minimum Gasteiger partial charge on any atom is -0.390 e. The Hall–Kier alpha value is -1.64. The lowest BCUT2D eigenvalue weighted by Gasteiger charge is -2.47. The molecule has 0 spiro atoms. The molecule has 1 saturated carbocycles. The van der Waals surface area contributed by atoms with Crippen LogP contribution in [0.25, 0.3) is 0 Å².